The first-order valence-corrected chi connectivity index (χ1v) is 7.34. The molecule has 0 spiro atoms. The van der Waals surface area contributed by atoms with Crippen LogP contribution in [0.1, 0.15) is 22.2 Å². The molecule has 0 saturated heterocycles. The zero-order chi connectivity index (χ0) is 15.7. The lowest BCUT2D eigenvalue weighted by Crippen LogP contribution is -2.29. The van der Waals surface area contributed by atoms with E-state index >= 15 is 0 Å². The Morgan fingerprint density at radius 3 is 2.91 bits per heavy atom. The molecule has 1 aromatic carbocycles. The third-order valence-corrected chi connectivity index (χ3v) is 4.12. The Balaban J connectivity index is 1.63. The zero-order valence-corrected chi connectivity index (χ0v) is 12.0. The second kappa shape index (κ2) is 5.60. The maximum atomic E-state index is 12.5. The van der Waals surface area contributed by atoms with Gasteiger partial charge < -0.3 is 10.1 Å². The van der Waals surface area contributed by atoms with Crippen LogP contribution in [0.4, 0.5) is 13.2 Å². The van der Waals surface area contributed by atoms with Crippen molar-refractivity contribution in [3.05, 3.63) is 45.9 Å². The highest BCUT2D eigenvalue weighted by atomic mass is 32.1. The highest BCUT2D eigenvalue weighted by molar-refractivity contribution is 7.09. The Hall–Kier alpha value is -2.09. The Kier molecular flexibility index (Phi) is 3.78. The van der Waals surface area contributed by atoms with Crippen molar-refractivity contribution in [2.24, 2.45) is 0 Å². The molecule has 2 aromatic rings. The maximum Gasteiger partial charge on any atom is 0.434 e. The highest BCUT2D eigenvalue weighted by Crippen LogP contribution is 2.33. The van der Waals surface area contributed by atoms with Crippen molar-refractivity contribution in [1.29, 1.82) is 0 Å². The van der Waals surface area contributed by atoms with Crippen molar-refractivity contribution in [3.63, 3.8) is 0 Å². The number of fused-ring (bicyclic) bond motifs is 1. The molecule has 1 atom stereocenters. The molecule has 0 bridgehead atoms. The predicted octanol–water partition coefficient (Wildman–Crippen LogP) is 2.95. The molecule has 1 aliphatic heterocycles. The Labute approximate surface area is 127 Å². The van der Waals surface area contributed by atoms with Gasteiger partial charge in [0.1, 0.15) is 23.3 Å². The van der Waals surface area contributed by atoms with E-state index in [1.807, 2.05) is 12.1 Å². The summed E-state index contributed by atoms with van der Waals surface area (Å²) >= 11 is 0.869. The fourth-order valence-electron chi connectivity index (χ4n) is 2.19. The number of nitrogens with zero attached hydrogens (tertiary/aromatic N) is 1. The number of aromatic nitrogens is 1. The number of carbonyl (C=O) groups is 1. The summed E-state index contributed by atoms with van der Waals surface area (Å²) < 4.78 is 42.8. The van der Waals surface area contributed by atoms with Gasteiger partial charge in [-0.05, 0) is 6.07 Å². The molecule has 8 heteroatoms. The number of halogens is 3. The number of amides is 1. The minimum atomic E-state index is -4.46. The average Bonchev–Trinajstić information content (AvgIpc) is 3.11. The van der Waals surface area contributed by atoms with Crippen LogP contribution < -0.4 is 10.1 Å². The van der Waals surface area contributed by atoms with Crippen LogP contribution in [-0.2, 0) is 17.5 Å². The van der Waals surface area contributed by atoms with Gasteiger partial charge in [-0.15, -0.1) is 11.3 Å². The SMILES string of the molecule is O=C(NCc1nc(C(F)(F)F)cs1)[C@@H]1COc2ccccc21. The summed E-state index contributed by atoms with van der Waals surface area (Å²) in [6.45, 7) is 0.203. The molecule has 1 aromatic heterocycles. The van der Waals surface area contributed by atoms with Crippen LogP contribution in [0.15, 0.2) is 29.6 Å². The highest BCUT2D eigenvalue weighted by Gasteiger charge is 2.34. The van der Waals surface area contributed by atoms with Crippen molar-refractivity contribution >= 4 is 17.2 Å². The topological polar surface area (TPSA) is 51.2 Å². The number of nitrogens with one attached hydrogen (secondary N) is 1. The van der Waals surface area contributed by atoms with Crippen molar-refractivity contribution in [2.45, 2.75) is 18.6 Å². The van der Waals surface area contributed by atoms with E-state index in [1.54, 1.807) is 12.1 Å². The molecule has 0 saturated carbocycles. The fraction of sp³-hybridized carbons (Fsp3) is 0.286. The summed E-state index contributed by atoms with van der Waals surface area (Å²) in [5, 5.41) is 3.76. The maximum absolute atomic E-state index is 12.5. The number of ether oxygens (including phenoxy) is 1. The number of para-hydroxylation sites is 1. The van der Waals surface area contributed by atoms with Gasteiger partial charge in [-0.3, -0.25) is 4.79 Å². The van der Waals surface area contributed by atoms with Crippen molar-refractivity contribution in [1.82, 2.24) is 10.3 Å². The number of hydrogen-bond acceptors (Lipinski definition) is 4. The molecule has 0 aliphatic carbocycles. The molecule has 1 N–H and O–H groups in total. The van der Waals surface area contributed by atoms with Crippen LogP contribution in [0.25, 0.3) is 0 Å². The third-order valence-electron chi connectivity index (χ3n) is 3.27. The van der Waals surface area contributed by atoms with Crippen LogP contribution in [0, 0.1) is 0 Å². The molecule has 0 fully saturated rings. The van der Waals surface area contributed by atoms with Crippen LogP contribution in [0.3, 0.4) is 0 Å². The van der Waals surface area contributed by atoms with Crippen LogP contribution in [0.5, 0.6) is 5.75 Å². The molecule has 0 unspecified atom stereocenters. The Morgan fingerprint density at radius 1 is 1.41 bits per heavy atom. The number of benzene rings is 1. The summed E-state index contributed by atoms with van der Waals surface area (Å²) in [4.78, 5) is 15.6. The lowest BCUT2D eigenvalue weighted by atomic mass is 10.0. The second-order valence-corrected chi connectivity index (χ2v) is 5.69. The molecule has 2 heterocycles. The lowest BCUT2D eigenvalue weighted by Gasteiger charge is -2.09. The molecular weight excluding hydrogens is 317 g/mol. The minimum absolute atomic E-state index is 0.0295. The number of hydrogen-bond donors (Lipinski definition) is 1. The first-order chi connectivity index (χ1) is 10.4. The van der Waals surface area contributed by atoms with E-state index in [2.05, 4.69) is 10.3 Å². The fourth-order valence-corrected chi connectivity index (χ4v) is 2.93. The van der Waals surface area contributed by atoms with E-state index in [0.717, 1.165) is 22.3 Å². The van der Waals surface area contributed by atoms with Gasteiger partial charge in [0.15, 0.2) is 5.69 Å². The smallest absolute Gasteiger partial charge is 0.434 e. The van der Waals surface area contributed by atoms with Gasteiger partial charge in [-0.25, -0.2) is 4.98 Å². The van der Waals surface area contributed by atoms with Crippen LogP contribution in [-0.4, -0.2) is 17.5 Å². The molecular formula is C14H11F3N2O2S. The predicted molar refractivity (Wildman–Crippen MR) is 73.6 cm³/mol. The Morgan fingerprint density at radius 2 is 2.18 bits per heavy atom. The largest absolute Gasteiger partial charge is 0.492 e. The number of rotatable bonds is 3. The first-order valence-electron chi connectivity index (χ1n) is 6.46. The number of thiazole rings is 1. The molecule has 116 valence electrons. The van der Waals surface area contributed by atoms with E-state index in [4.69, 9.17) is 4.74 Å². The summed E-state index contributed by atoms with van der Waals surface area (Å²) in [6.07, 6.45) is -4.46. The average molecular weight is 328 g/mol. The van der Waals surface area contributed by atoms with Crippen molar-refractivity contribution in [3.8, 4) is 5.75 Å². The standard InChI is InChI=1S/C14H11F3N2O2S/c15-14(16,17)11-7-22-12(19-11)5-18-13(20)9-6-21-10-4-2-1-3-8(9)10/h1-4,7,9H,5-6H2,(H,18,20)/t9-/m1/s1. The second-order valence-electron chi connectivity index (χ2n) is 4.74. The number of carbonyl (C=O) groups excluding carboxylic acids is 1. The van der Waals surface area contributed by atoms with Gasteiger partial charge in [0.05, 0.1) is 6.54 Å². The quantitative estimate of drug-likeness (QED) is 0.942. The summed E-state index contributed by atoms with van der Waals surface area (Å²) in [5.74, 6) is -0.0665. The molecule has 4 nitrogen and oxygen atoms in total. The summed E-state index contributed by atoms with van der Waals surface area (Å²) in [7, 11) is 0. The van der Waals surface area contributed by atoms with E-state index in [9.17, 15) is 18.0 Å². The molecule has 1 amide bonds. The van der Waals surface area contributed by atoms with E-state index in [0.29, 0.717) is 5.75 Å². The van der Waals surface area contributed by atoms with Gasteiger partial charge >= 0.3 is 6.18 Å². The van der Waals surface area contributed by atoms with Crippen LogP contribution in [0.2, 0.25) is 0 Å². The van der Waals surface area contributed by atoms with E-state index in [-0.39, 0.29) is 24.1 Å². The summed E-state index contributed by atoms with van der Waals surface area (Å²) in [6, 6.07) is 7.20. The van der Waals surface area contributed by atoms with Gasteiger partial charge in [0.25, 0.3) is 0 Å². The van der Waals surface area contributed by atoms with Gasteiger partial charge in [0.2, 0.25) is 5.91 Å². The monoisotopic (exact) mass is 328 g/mol. The third kappa shape index (κ3) is 2.92. The molecule has 22 heavy (non-hydrogen) atoms. The number of alkyl halides is 3. The zero-order valence-electron chi connectivity index (χ0n) is 11.2. The normalized spacial score (nSPS) is 17.0. The van der Waals surface area contributed by atoms with Gasteiger partial charge in [-0.2, -0.15) is 13.2 Å². The molecule has 1 aliphatic rings. The van der Waals surface area contributed by atoms with E-state index in [1.165, 1.54) is 0 Å². The minimum Gasteiger partial charge on any atom is -0.492 e. The van der Waals surface area contributed by atoms with Crippen molar-refractivity contribution in [2.75, 3.05) is 6.61 Å². The van der Waals surface area contributed by atoms with Crippen LogP contribution >= 0.6 is 11.3 Å². The van der Waals surface area contributed by atoms with Crippen molar-refractivity contribution < 1.29 is 22.7 Å². The van der Waals surface area contributed by atoms with Gasteiger partial charge in [0, 0.05) is 10.9 Å². The molecule has 3 rings (SSSR count). The first kappa shape index (κ1) is 14.8. The summed E-state index contributed by atoms with van der Waals surface area (Å²) in [5.41, 5.74) is -0.147. The molecule has 0 radical (unpaired) electrons. The lowest BCUT2D eigenvalue weighted by molar-refractivity contribution is -0.140. The Bertz CT molecular complexity index is 699. The van der Waals surface area contributed by atoms with Gasteiger partial charge in [-0.1, -0.05) is 18.2 Å². The van der Waals surface area contributed by atoms with E-state index < -0.39 is 17.8 Å².